The molecule has 0 unspecified atom stereocenters. The molecular formula is C18H15F4N3O3. The van der Waals surface area contributed by atoms with Gasteiger partial charge in [-0.1, -0.05) is 12.1 Å². The Hall–Kier alpha value is -3.17. The summed E-state index contributed by atoms with van der Waals surface area (Å²) in [4.78, 5) is 24.3. The summed E-state index contributed by atoms with van der Waals surface area (Å²) in [5.41, 5.74) is -1.94. The lowest BCUT2D eigenvalue weighted by molar-refractivity contribution is -0.127. The van der Waals surface area contributed by atoms with Crippen molar-refractivity contribution >= 4 is 11.5 Å². The second-order valence-electron chi connectivity index (χ2n) is 6.25. The Labute approximate surface area is 155 Å². The van der Waals surface area contributed by atoms with Gasteiger partial charge in [0.25, 0.3) is 5.56 Å². The van der Waals surface area contributed by atoms with Gasteiger partial charge in [0.15, 0.2) is 5.69 Å². The van der Waals surface area contributed by atoms with Gasteiger partial charge in [-0.05, 0) is 25.5 Å². The number of carboxylic acid groups (broad SMARTS) is 1. The first kappa shape index (κ1) is 19.6. The van der Waals surface area contributed by atoms with Gasteiger partial charge in [0.2, 0.25) is 0 Å². The van der Waals surface area contributed by atoms with Gasteiger partial charge in [0, 0.05) is 17.7 Å². The number of aromatic nitrogens is 3. The van der Waals surface area contributed by atoms with E-state index in [1.165, 1.54) is 18.3 Å². The zero-order chi connectivity index (χ0) is 20.8. The molecule has 10 heteroatoms. The molecule has 28 heavy (non-hydrogen) atoms. The van der Waals surface area contributed by atoms with Gasteiger partial charge < -0.3 is 9.67 Å². The standard InChI is InChI=1S/C18H15F4N3O3/c1-3-24-13(10-5-4-9(2)12(19)6-10)8-25-15(16(24)26)11(7-18(20,21)22)14(23-25)17(27)28/h4-6,8H,3,7H2,1-2H3,(H,27,28). The highest BCUT2D eigenvalue weighted by Gasteiger charge is 2.34. The van der Waals surface area contributed by atoms with Crippen molar-refractivity contribution in [3.05, 3.63) is 57.4 Å². The number of aryl methyl sites for hydroxylation is 1. The van der Waals surface area contributed by atoms with Crippen molar-refractivity contribution in [2.24, 2.45) is 0 Å². The molecule has 0 bridgehead atoms. The van der Waals surface area contributed by atoms with Crippen LogP contribution in [0.2, 0.25) is 0 Å². The zero-order valence-corrected chi connectivity index (χ0v) is 14.8. The van der Waals surface area contributed by atoms with Crippen LogP contribution in [-0.4, -0.2) is 31.4 Å². The molecule has 0 fully saturated rings. The van der Waals surface area contributed by atoms with E-state index in [9.17, 15) is 32.3 Å². The molecule has 2 aromatic heterocycles. The molecular weight excluding hydrogens is 382 g/mol. The van der Waals surface area contributed by atoms with Crippen molar-refractivity contribution in [2.45, 2.75) is 33.0 Å². The Morgan fingerprint density at radius 2 is 1.96 bits per heavy atom. The maximum atomic E-state index is 14.0. The highest BCUT2D eigenvalue weighted by molar-refractivity contribution is 5.90. The molecule has 0 amide bonds. The molecule has 2 heterocycles. The van der Waals surface area contributed by atoms with Gasteiger partial charge in [-0.25, -0.2) is 13.7 Å². The molecule has 0 radical (unpaired) electrons. The fourth-order valence-corrected chi connectivity index (χ4v) is 3.05. The lowest BCUT2D eigenvalue weighted by atomic mass is 10.1. The maximum absolute atomic E-state index is 14.0. The first-order valence-electron chi connectivity index (χ1n) is 8.25. The number of nitrogens with zero attached hydrogens (tertiary/aromatic N) is 3. The van der Waals surface area contributed by atoms with Crippen molar-refractivity contribution in [3.63, 3.8) is 0 Å². The van der Waals surface area contributed by atoms with Crippen LogP contribution < -0.4 is 5.56 Å². The number of benzene rings is 1. The lowest BCUT2D eigenvalue weighted by Gasteiger charge is -2.13. The molecule has 148 valence electrons. The van der Waals surface area contributed by atoms with E-state index in [1.54, 1.807) is 19.9 Å². The van der Waals surface area contributed by atoms with Gasteiger partial charge in [-0.2, -0.15) is 18.3 Å². The summed E-state index contributed by atoms with van der Waals surface area (Å²) in [5.74, 6) is -2.19. The van der Waals surface area contributed by atoms with Crippen LogP contribution in [0.3, 0.4) is 0 Å². The molecule has 6 nitrogen and oxygen atoms in total. The van der Waals surface area contributed by atoms with Crippen LogP contribution in [-0.2, 0) is 13.0 Å². The maximum Gasteiger partial charge on any atom is 0.393 e. The fraction of sp³-hybridized carbons (Fsp3) is 0.278. The molecule has 3 rings (SSSR count). The van der Waals surface area contributed by atoms with Gasteiger partial charge in [0.1, 0.15) is 11.3 Å². The summed E-state index contributed by atoms with van der Waals surface area (Å²) in [6.07, 6.45) is -5.10. The highest BCUT2D eigenvalue weighted by atomic mass is 19.4. The van der Waals surface area contributed by atoms with Crippen molar-refractivity contribution in [1.82, 2.24) is 14.2 Å². The average Bonchev–Trinajstić information content (AvgIpc) is 2.94. The van der Waals surface area contributed by atoms with Crippen LogP contribution in [0.1, 0.15) is 28.5 Å². The number of carboxylic acids is 1. The first-order valence-corrected chi connectivity index (χ1v) is 8.25. The summed E-state index contributed by atoms with van der Waals surface area (Å²) in [5, 5.41) is 12.9. The Balaban J connectivity index is 2.37. The molecule has 0 spiro atoms. The predicted octanol–water partition coefficient (Wildman–Crippen LogP) is 3.43. The zero-order valence-electron chi connectivity index (χ0n) is 14.8. The SMILES string of the molecule is CCn1c(-c2ccc(C)c(F)c2)cn2nc(C(=O)O)c(CC(F)(F)F)c2c1=O. The predicted molar refractivity (Wildman–Crippen MR) is 92.0 cm³/mol. The average molecular weight is 397 g/mol. The molecule has 0 saturated heterocycles. The van der Waals surface area contributed by atoms with Crippen LogP contribution in [0.25, 0.3) is 16.8 Å². The minimum Gasteiger partial charge on any atom is -0.476 e. The topological polar surface area (TPSA) is 76.6 Å². The molecule has 3 aromatic rings. The first-order chi connectivity index (χ1) is 13.0. The number of alkyl halides is 3. The Kier molecular flexibility index (Phi) is 4.74. The van der Waals surface area contributed by atoms with E-state index in [0.717, 1.165) is 9.08 Å². The van der Waals surface area contributed by atoms with E-state index in [0.29, 0.717) is 11.1 Å². The highest BCUT2D eigenvalue weighted by Crippen LogP contribution is 2.27. The summed E-state index contributed by atoms with van der Waals surface area (Å²) < 4.78 is 54.8. The summed E-state index contributed by atoms with van der Waals surface area (Å²) in [6.45, 7) is 3.24. The Morgan fingerprint density at radius 3 is 2.50 bits per heavy atom. The third-order valence-corrected chi connectivity index (χ3v) is 4.36. The number of hydrogen-bond donors (Lipinski definition) is 1. The number of fused-ring (bicyclic) bond motifs is 1. The lowest BCUT2D eigenvalue weighted by Crippen LogP contribution is -2.25. The normalized spacial score (nSPS) is 11.9. The molecule has 0 atom stereocenters. The van der Waals surface area contributed by atoms with E-state index >= 15 is 0 Å². The quantitative estimate of drug-likeness (QED) is 0.685. The molecule has 0 aliphatic heterocycles. The molecule has 0 aliphatic carbocycles. The van der Waals surface area contributed by atoms with Crippen LogP contribution in [0.4, 0.5) is 17.6 Å². The van der Waals surface area contributed by atoms with Gasteiger partial charge in [-0.15, -0.1) is 0 Å². The second-order valence-corrected chi connectivity index (χ2v) is 6.25. The molecule has 0 saturated carbocycles. The summed E-state index contributed by atoms with van der Waals surface area (Å²) >= 11 is 0. The monoisotopic (exact) mass is 397 g/mol. The fourth-order valence-electron chi connectivity index (χ4n) is 3.05. The third kappa shape index (κ3) is 3.37. The Morgan fingerprint density at radius 1 is 1.29 bits per heavy atom. The molecule has 0 aliphatic rings. The van der Waals surface area contributed by atoms with E-state index in [1.807, 2.05) is 0 Å². The largest absolute Gasteiger partial charge is 0.476 e. The van der Waals surface area contributed by atoms with Crippen LogP contribution in [0, 0.1) is 12.7 Å². The molecule has 1 N–H and O–H groups in total. The third-order valence-electron chi connectivity index (χ3n) is 4.36. The summed E-state index contributed by atoms with van der Waals surface area (Å²) in [6, 6.07) is 4.25. The van der Waals surface area contributed by atoms with Crippen molar-refractivity contribution in [2.75, 3.05) is 0 Å². The van der Waals surface area contributed by atoms with E-state index in [-0.39, 0.29) is 12.2 Å². The van der Waals surface area contributed by atoms with E-state index in [2.05, 4.69) is 5.10 Å². The Bertz CT molecular complexity index is 1150. The van der Waals surface area contributed by atoms with Crippen molar-refractivity contribution in [3.8, 4) is 11.3 Å². The number of hydrogen-bond acceptors (Lipinski definition) is 3. The minimum absolute atomic E-state index is 0.0825. The van der Waals surface area contributed by atoms with E-state index in [4.69, 9.17) is 0 Å². The van der Waals surface area contributed by atoms with E-state index < -0.39 is 46.7 Å². The number of aromatic carboxylic acids is 1. The number of rotatable bonds is 4. The minimum atomic E-state index is -4.73. The number of carbonyl (C=O) groups is 1. The van der Waals surface area contributed by atoms with Gasteiger partial charge in [0.05, 0.1) is 18.3 Å². The number of halogens is 4. The smallest absolute Gasteiger partial charge is 0.393 e. The van der Waals surface area contributed by atoms with Crippen LogP contribution in [0.15, 0.2) is 29.2 Å². The van der Waals surface area contributed by atoms with Crippen molar-refractivity contribution < 1.29 is 27.5 Å². The van der Waals surface area contributed by atoms with Crippen LogP contribution in [0.5, 0.6) is 0 Å². The van der Waals surface area contributed by atoms with Crippen molar-refractivity contribution in [1.29, 1.82) is 0 Å². The molecule has 1 aromatic carbocycles. The van der Waals surface area contributed by atoms with Gasteiger partial charge >= 0.3 is 12.1 Å². The van der Waals surface area contributed by atoms with Gasteiger partial charge in [-0.3, -0.25) is 4.79 Å². The summed E-state index contributed by atoms with van der Waals surface area (Å²) in [7, 11) is 0. The second kappa shape index (κ2) is 6.77. The van der Waals surface area contributed by atoms with Crippen LogP contribution >= 0.6 is 0 Å².